The number of hydrogen-bond donors (Lipinski definition) is 3. The largest absolute Gasteiger partial charge is 0.506 e. The van der Waals surface area contributed by atoms with Crippen molar-refractivity contribution in [3.63, 3.8) is 0 Å². The maximum atomic E-state index is 10.3. The molecule has 8 heteroatoms. The summed E-state index contributed by atoms with van der Waals surface area (Å²) in [6.45, 7) is 7.84. The van der Waals surface area contributed by atoms with Gasteiger partial charge in [-0.1, -0.05) is 29.8 Å². The number of phenolic OH excluding ortho intramolecular Hbond substituents is 1. The van der Waals surface area contributed by atoms with Crippen LogP contribution >= 0.6 is 60.2 Å². The van der Waals surface area contributed by atoms with Crippen molar-refractivity contribution in [1.82, 2.24) is 10.2 Å². The summed E-state index contributed by atoms with van der Waals surface area (Å²) in [5, 5.41) is 23.6. The molecular weight excluding hydrogens is 515 g/mol. The van der Waals surface area contributed by atoms with Gasteiger partial charge in [-0.25, -0.2) is 0 Å². The molecule has 0 spiro atoms. The Kier molecular flexibility index (Phi) is 8.32. The number of aromatic hydroxyl groups is 1. The van der Waals surface area contributed by atoms with Gasteiger partial charge in [0.05, 0.1) is 8.95 Å². The van der Waals surface area contributed by atoms with Crippen LogP contribution in [-0.2, 0) is 0 Å². The molecule has 0 aromatic heterocycles. The van der Waals surface area contributed by atoms with Gasteiger partial charge in [0.15, 0.2) is 0 Å². The summed E-state index contributed by atoms with van der Waals surface area (Å²) >= 11 is 10.5. The van der Waals surface area contributed by atoms with Crippen LogP contribution in [0, 0.1) is 5.41 Å². The third-order valence-corrected chi connectivity index (χ3v) is 6.18. The lowest BCUT2D eigenvalue weighted by molar-refractivity contribution is 0.0296. The second-order valence-electron chi connectivity index (χ2n) is 6.25. The highest BCUT2D eigenvalue weighted by molar-refractivity contribution is 9.11. The van der Waals surface area contributed by atoms with Gasteiger partial charge in [0.25, 0.3) is 0 Å². The molecule has 1 aliphatic rings. The van der Waals surface area contributed by atoms with Crippen LogP contribution in [0.2, 0.25) is 0 Å². The molecule has 4 nitrogen and oxygen atoms in total. The number of phenols is 1. The molecular formula is C15H22Br3ClN2O2. The molecule has 1 saturated heterocycles. The molecule has 0 bridgehead atoms. The highest BCUT2D eigenvalue weighted by Crippen LogP contribution is 2.48. The molecule has 3 N–H and O–H groups in total. The van der Waals surface area contributed by atoms with Crippen LogP contribution in [0.15, 0.2) is 19.5 Å². The lowest BCUT2D eigenvalue weighted by atomic mass is 9.79. The molecule has 23 heavy (non-hydrogen) atoms. The van der Waals surface area contributed by atoms with Crippen LogP contribution in [0.25, 0.3) is 0 Å². The van der Waals surface area contributed by atoms with E-state index in [1.807, 2.05) is 6.07 Å². The van der Waals surface area contributed by atoms with Crippen LogP contribution in [0.3, 0.4) is 0 Å². The number of halogens is 4. The van der Waals surface area contributed by atoms with E-state index in [2.05, 4.69) is 71.9 Å². The Labute approximate surface area is 168 Å². The van der Waals surface area contributed by atoms with E-state index >= 15 is 0 Å². The minimum atomic E-state index is -0.345. The second-order valence-corrected chi connectivity index (χ2v) is 8.75. The first kappa shape index (κ1) is 21.7. The zero-order valence-electron chi connectivity index (χ0n) is 13.1. The Bertz CT molecular complexity index is 552. The predicted molar refractivity (Wildman–Crippen MR) is 107 cm³/mol. The molecule has 1 aromatic rings. The summed E-state index contributed by atoms with van der Waals surface area (Å²) < 4.78 is 2.21. The molecule has 1 heterocycles. The van der Waals surface area contributed by atoms with E-state index in [1.165, 1.54) is 0 Å². The van der Waals surface area contributed by atoms with Crippen LogP contribution in [0.4, 0.5) is 0 Å². The number of piperazine rings is 1. The summed E-state index contributed by atoms with van der Waals surface area (Å²) in [6, 6.07) is 1.85. The van der Waals surface area contributed by atoms with Gasteiger partial charge in [0.2, 0.25) is 0 Å². The van der Waals surface area contributed by atoms with Gasteiger partial charge in [-0.05, 0) is 37.9 Å². The van der Waals surface area contributed by atoms with E-state index in [9.17, 15) is 10.2 Å². The Hall–Kier alpha value is 0.630. The summed E-state index contributed by atoms with van der Waals surface area (Å²) in [5.41, 5.74) is 0.629. The third-order valence-electron chi connectivity index (χ3n) is 4.12. The summed E-state index contributed by atoms with van der Waals surface area (Å²) in [5.74, 6) is 0.187. The zero-order valence-corrected chi connectivity index (χ0v) is 18.6. The van der Waals surface area contributed by atoms with Gasteiger partial charge in [-0.3, -0.25) is 4.90 Å². The van der Waals surface area contributed by atoms with Gasteiger partial charge < -0.3 is 15.5 Å². The van der Waals surface area contributed by atoms with E-state index in [-0.39, 0.29) is 36.2 Å². The van der Waals surface area contributed by atoms with Crippen LogP contribution < -0.4 is 5.32 Å². The summed E-state index contributed by atoms with van der Waals surface area (Å²) in [6.07, 6.45) is 0. The van der Waals surface area contributed by atoms with Crippen molar-refractivity contribution in [1.29, 1.82) is 0 Å². The smallest absolute Gasteiger partial charge is 0.144 e. The lowest BCUT2D eigenvalue weighted by Crippen LogP contribution is -2.49. The van der Waals surface area contributed by atoms with Crippen molar-refractivity contribution < 1.29 is 10.2 Å². The summed E-state index contributed by atoms with van der Waals surface area (Å²) in [4.78, 5) is 2.37. The molecule has 1 aromatic carbocycles. The van der Waals surface area contributed by atoms with Gasteiger partial charge in [-0.2, -0.15) is 0 Å². The Morgan fingerprint density at radius 3 is 2.30 bits per heavy atom. The molecule has 1 atom stereocenters. The minimum Gasteiger partial charge on any atom is -0.506 e. The monoisotopic (exact) mass is 534 g/mol. The molecule has 2 rings (SSSR count). The predicted octanol–water partition coefficient (Wildman–Crippen LogP) is 4.07. The van der Waals surface area contributed by atoms with Crippen molar-refractivity contribution in [3.05, 3.63) is 25.0 Å². The number of aliphatic hydroxyl groups excluding tert-OH is 1. The Morgan fingerprint density at radius 2 is 1.78 bits per heavy atom. The fraction of sp³-hybridized carbons (Fsp3) is 0.600. The number of nitrogens with zero attached hydrogens (tertiary/aromatic N) is 1. The third kappa shape index (κ3) is 4.63. The van der Waals surface area contributed by atoms with Gasteiger partial charge in [0.1, 0.15) is 5.75 Å². The number of aliphatic hydroxyl groups is 1. The van der Waals surface area contributed by atoms with Crippen molar-refractivity contribution in [3.8, 4) is 5.75 Å². The first-order valence-corrected chi connectivity index (χ1v) is 9.59. The number of hydrogen-bond acceptors (Lipinski definition) is 4. The maximum absolute atomic E-state index is 10.3. The minimum absolute atomic E-state index is 0. The SMILES string of the molecule is CC(C)(CO)[C@H](c1c(Br)cc(Br)c(O)c1Br)N1CCNCC1.Cl. The van der Waals surface area contributed by atoms with Crippen molar-refractivity contribution in [2.45, 2.75) is 19.9 Å². The first-order valence-electron chi connectivity index (χ1n) is 7.21. The van der Waals surface area contributed by atoms with E-state index in [0.717, 1.165) is 36.2 Å². The van der Waals surface area contributed by atoms with Crippen LogP contribution in [-0.4, -0.2) is 47.9 Å². The molecule has 0 radical (unpaired) electrons. The van der Waals surface area contributed by atoms with E-state index in [4.69, 9.17) is 0 Å². The fourth-order valence-electron chi connectivity index (χ4n) is 2.94. The number of nitrogens with one attached hydrogen (secondary N) is 1. The quantitative estimate of drug-likeness (QED) is 0.543. The van der Waals surface area contributed by atoms with Gasteiger partial charge >= 0.3 is 0 Å². The van der Waals surface area contributed by atoms with Crippen LogP contribution in [0.5, 0.6) is 5.75 Å². The average Bonchev–Trinajstić information content (AvgIpc) is 2.50. The maximum Gasteiger partial charge on any atom is 0.144 e. The van der Waals surface area contributed by atoms with Crippen molar-refractivity contribution >= 4 is 60.2 Å². The average molecular weight is 538 g/mol. The molecule has 0 aliphatic carbocycles. The normalized spacial score (nSPS) is 17.7. The lowest BCUT2D eigenvalue weighted by Gasteiger charge is -2.44. The number of benzene rings is 1. The van der Waals surface area contributed by atoms with Crippen LogP contribution in [0.1, 0.15) is 25.5 Å². The highest BCUT2D eigenvalue weighted by atomic mass is 79.9. The second kappa shape index (κ2) is 8.83. The van der Waals surface area contributed by atoms with Crippen molar-refractivity contribution in [2.75, 3.05) is 32.8 Å². The van der Waals surface area contributed by atoms with Gasteiger partial charge in [0, 0.05) is 54.3 Å². The molecule has 0 amide bonds. The molecule has 0 unspecified atom stereocenters. The van der Waals surface area contributed by atoms with Gasteiger partial charge in [-0.15, -0.1) is 12.4 Å². The first-order chi connectivity index (χ1) is 10.3. The summed E-state index contributed by atoms with van der Waals surface area (Å²) in [7, 11) is 0. The number of rotatable bonds is 4. The molecule has 0 saturated carbocycles. The standard InChI is InChI=1S/C15H21Br3N2O2.ClH/c1-15(2,8-21)14(20-5-3-19-4-6-20)11-9(16)7-10(17)13(22)12(11)18;/h7,14,19,21-22H,3-6,8H2,1-2H3;1H/t14-;/m0./s1. The van der Waals surface area contributed by atoms with E-state index in [0.29, 0.717) is 8.95 Å². The van der Waals surface area contributed by atoms with E-state index in [1.54, 1.807) is 0 Å². The Balaban J connectivity index is 0.00000264. The highest BCUT2D eigenvalue weighted by Gasteiger charge is 2.38. The molecule has 1 fully saturated rings. The topological polar surface area (TPSA) is 55.7 Å². The zero-order chi connectivity index (χ0) is 16.5. The molecule has 1 aliphatic heterocycles. The van der Waals surface area contributed by atoms with Crippen molar-refractivity contribution in [2.24, 2.45) is 5.41 Å². The fourth-order valence-corrected chi connectivity index (χ4v) is 5.49. The molecule has 132 valence electrons. The van der Waals surface area contributed by atoms with E-state index < -0.39 is 0 Å². The Morgan fingerprint density at radius 1 is 1.22 bits per heavy atom.